The highest BCUT2D eigenvalue weighted by atomic mass is 35.5. The van der Waals surface area contributed by atoms with Crippen molar-refractivity contribution >= 4 is 11.6 Å². The molecule has 2 aromatic rings. The van der Waals surface area contributed by atoms with E-state index in [1.165, 1.54) is 11.6 Å². The van der Waals surface area contributed by atoms with Gasteiger partial charge in [-0.2, -0.15) is 0 Å². The summed E-state index contributed by atoms with van der Waals surface area (Å²) in [6.07, 6.45) is 2.15. The van der Waals surface area contributed by atoms with Crippen LogP contribution in [-0.4, -0.2) is 49.6 Å². The largest absolute Gasteiger partial charge is 0.489 e. The van der Waals surface area contributed by atoms with Crippen molar-refractivity contribution in [2.75, 3.05) is 39.8 Å². The second kappa shape index (κ2) is 9.36. The Bertz CT molecular complexity index is 697. The number of hydrogen-bond acceptors (Lipinski definition) is 3. The molecule has 5 heteroatoms. The Kier molecular flexibility index (Phi) is 6.89. The molecule has 0 amide bonds. The number of piperazine rings is 1. The number of nitrogens with zero attached hydrogens (tertiary/aromatic N) is 2. The third kappa shape index (κ3) is 5.44. The molecular formula is C21H26ClFN2O. The maximum Gasteiger partial charge on any atom is 0.131 e. The highest BCUT2D eigenvalue weighted by Gasteiger charge is 2.13. The first-order valence-electron chi connectivity index (χ1n) is 9.17. The predicted molar refractivity (Wildman–Crippen MR) is 104 cm³/mol. The molecule has 0 aromatic heterocycles. The van der Waals surface area contributed by atoms with Gasteiger partial charge in [-0.15, -0.1) is 0 Å². The number of halogens is 2. The van der Waals surface area contributed by atoms with Gasteiger partial charge in [0.2, 0.25) is 0 Å². The second-order valence-corrected chi connectivity index (χ2v) is 7.29. The smallest absolute Gasteiger partial charge is 0.131 e. The lowest BCUT2D eigenvalue weighted by Crippen LogP contribution is -2.44. The number of benzene rings is 2. The van der Waals surface area contributed by atoms with Crippen molar-refractivity contribution in [1.29, 1.82) is 0 Å². The van der Waals surface area contributed by atoms with Gasteiger partial charge in [0.15, 0.2) is 0 Å². The summed E-state index contributed by atoms with van der Waals surface area (Å²) in [5.74, 6) is 0.419. The number of ether oxygens (including phenoxy) is 1. The lowest BCUT2D eigenvalue weighted by molar-refractivity contribution is 0.153. The summed E-state index contributed by atoms with van der Waals surface area (Å²) in [5.41, 5.74) is 1.64. The maximum atomic E-state index is 13.8. The molecule has 3 nitrogen and oxygen atoms in total. The van der Waals surface area contributed by atoms with Crippen molar-refractivity contribution in [3.05, 3.63) is 64.4 Å². The molecule has 1 fully saturated rings. The van der Waals surface area contributed by atoms with E-state index in [4.69, 9.17) is 16.3 Å². The minimum Gasteiger partial charge on any atom is -0.489 e. The number of hydrogen-bond donors (Lipinski definition) is 0. The Hall–Kier alpha value is -1.62. The van der Waals surface area contributed by atoms with E-state index in [2.05, 4.69) is 22.9 Å². The summed E-state index contributed by atoms with van der Waals surface area (Å²) in [4.78, 5) is 4.90. The van der Waals surface area contributed by atoms with Crippen LogP contribution in [0, 0.1) is 5.82 Å². The Balaban J connectivity index is 1.48. The number of likely N-dealkylation sites (N-methyl/N-ethyl adjacent to an activating group) is 1. The van der Waals surface area contributed by atoms with Crippen LogP contribution < -0.4 is 4.74 Å². The Morgan fingerprint density at radius 3 is 2.62 bits per heavy atom. The van der Waals surface area contributed by atoms with E-state index >= 15 is 0 Å². The number of aryl methyl sites for hydroxylation is 1. The summed E-state index contributed by atoms with van der Waals surface area (Å²) in [5, 5.41) is 0.397. The minimum atomic E-state index is -0.333. The van der Waals surface area contributed by atoms with Crippen molar-refractivity contribution < 1.29 is 9.13 Å². The quantitative estimate of drug-likeness (QED) is 0.718. The second-order valence-electron chi connectivity index (χ2n) is 6.88. The van der Waals surface area contributed by atoms with Crippen LogP contribution in [0.4, 0.5) is 4.39 Å². The van der Waals surface area contributed by atoms with Crippen molar-refractivity contribution in [2.24, 2.45) is 0 Å². The van der Waals surface area contributed by atoms with Crippen LogP contribution in [0.2, 0.25) is 5.02 Å². The molecule has 0 saturated carbocycles. The molecule has 140 valence electrons. The molecule has 1 heterocycles. The molecule has 1 aliphatic heterocycles. The molecule has 0 unspecified atom stereocenters. The van der Waals surface area contributed by atoms with Crippen molar-refractivity contribution in [1.82, 2.24) is 9.80 Å². The van der Waals surface area contributed by atoms with Crippen LogP contribution in [0.5, 0.6) is 5.75 Å². The molecule has 1 aliphatic rings. The van der Waals surface area contributed by atoms with Gasteiger partial charge in [0.25, 0.3) is 0 Å². The van der Waals surface area contributed by atoms with Gasteiger partial charge in [0, 0.05) is 31.7 Å². The number of rotatable bonds is 7. The van der Waals surface area contributed by atoms with E-state index in [0.29, 0.717) is 10.6 Å². The van der Waals surface area contributed by atoms with Crippen LogP contribution in [0.3, 0.4) is 0 Å². The molecule has 26 heavy (non-hydrogen) atoms. The van der Waals surface area contributed by atoms with Crippen LogP contribution in [-0.2, 0) is 13.0 Å². The third-order valence-corrected chi connectivity index (χ3v) is 5.23. The van der Waals surface area contributed by atoms with Gasteiger partial charge in [-0.3, -0.25) is 0 Å². The minimum absolute atomic E-state index is 0.135. The highest BCUT2D eigenvalue weighted by Crippen LogP contribution is 2.22. The normalized spacial score (nSPS) is 16.0. The van der Waals surface area contributed by atoms with Crippen LogP contribution in [0.25, 0.3) is 0 Å². The first-order valence-corrected chi connectivity index (χ1v) is 9.55. The van der Waals surface area contributed by atoms with Gasteiger partial charge in [-0.1, -0.05) is 29.8 Å². The standard InChI is InChI=1S/C21H26ClFN2O/c1-24-11-13-25(14-12-24)10-4-6-17-5-2-7-18(15-17)26-16-19-20(22)8-3-9-21(19)23/h2-3,5,7-9,15H,4,6,10-14,16H2,1H3. The maximum absolute atomic E-state index is 13.8. The summed E-state index contributed by atoms with van der Waals surface area (Å²) in [6.45, 7) is 5.88. The lowest BCUT2D eigenvalue weighted by Gasteiger charge is -2.32. The zero-order chi connectivity index (χ0) is 18.4. The van der Waals surface area contributed by atoms with Crippen LogP contribution in [0.15, 0.2) is 42.5 Å². The van der Waals surface area contributed by atoms with E-state index in [9.17, 15) is 4.39 Å². The first kappa shape index (κ1) is 19.2. The predicted octanol–water partition coefficient (Wildman–Crippen LogP) is 4.24. The van der Waals surface area contributed by atoms with E-state index in [1.54, 1.807) is 12.1 Å². The van der Waals surface area contributed by atoms with Gasteiger partial charge in [-0.25, -0.2) is 4.39 Å². The molecular weight excluding hydrogens is 351 g/mol. The van der Waals surface area contributed by atoms with Gasteiger partial charge in [0.1, 0.15) is 18.2 Å². The van der Waals surface area contributed by atoms with Crippen molar-refractivity contribution in [3.8, 4) is 5.75 Å². The fourth-order valence-corrected chi connectivity index (χ4v) is 3.41. The lowest BCUT2D eigenvalue weighted by atomic mass is 10.1. The van der Waals surface area contributed by atoms with Crippen molar-refractivity contribution in [3.63, 3.8) is 0 Å². The topological polar surface area (TPSA) is 15.7 Å². The van der Waals surface area contributed by atoms with Crippen LogP contribution in [0.1, 0.15) is 17.5 Å². The molecule has 1 saturated heterocycles. The third-order valence-electron chi connectivity index (χ3n) is 4.88. The van der Waals surface area contributed by atoms with Gasteiger partial charge < -0.3 is 14.5 Å². The molecule has 0 spiro atoms. The zero-order valence-electron chi connectivity index (χ0n) is 15.3. The summed E-state index contributed by atoms with van der Waals surface area (Å²) in [6, 6.07) is 12.7. The Morgan fingerprint density at radius 1 is 1.08 bits per heavy atom. The molecule has 0 aliphatic carbocycles. The summed E-state index contributed by atoms with van der Waals surface area (Å²) in [7, 11) is 2.18. The Labute approximate surface area is 160 Å². The van der Waals surface area contributed by atoms with E-state index in [-0.39, 0.29) is 12.4 Å². The van der Waals surface area contributed by atoms with E-state index in [0.717, 1.165) is 51.3 Å². The van der Waals surface area contributed by atoms with E-state index in [1.807, 2.05) is 18.2 Å². The van der Waals surface area contributed by atoms with Crippen molar-refractivity contribution in [2.45, 2.75) is 19.4 Å². The first-order chi connectivity index (χ1) is 12.6. The average Bonchev–Trinajstić information content (AvgIpc) is 2.63. The average molecular weight is 377 g/mol. The molecule has 2 aromatic carbocycles. The highest BCUT2D eigenvalue weighted by molar-refractivity contribution is 6.31. The molecule has 0 atom stereocenters. The molecule has 3 rings (SSSR count). The SMILES string of the molecule is CN1CCN(CCCc2cccc(OCc3c(F)cccc3Cl)c2)CC1. The fourth-order valence-electron chi connectivity index (χ4n) is 3.19. The summed E-state index contributed by atoms with van der Waals surface area (Å²) >= 11 is 6.05. The van der Waals surface area contributed by atoms with Gasteiger partial charge in [0.05, 0.1) is 5.02 Å². The van der Waals surface area contributed by atoms with Gasteiger partial charge in [-0.05, 0) is 56.3 Å². The van der Waals surface area contributed by atoms with Crippen LogP contribution >= 0.6 is 11.6 Å². The molecule has 0 bridgehead atoms. The molecule has 0 N–H and O–H groups in total. The fraction of sp³-hybridized carbons (Fsp3) is 0.429. The zero-order valence-corrected chi connectivity index (χ0v) is 16.0. The Morgan fingerprint density at radius 2 is 1.85 bits per heavy atom. The van der Waals surface area contributed by atoms with E-state index < -0.39 is 0 Å². The summed E-state index contributed by atoms with van der Waals surface area (Å²) < 4.78 is 19.6. The monoisotopic (exact) mass is 376 g/mol. The van der Waals surface area contributed by atoms with Gasteiger partial charge >= 0.3 is 0 Å². The molecule has 0 radical (unpaired) electrons.